The van der Waals surface area contributed by atoms with Crippen molar-refractivity contribution in [1.29, 1.82) is 0 Å². The molecule has 0 atom stereocenters. The van der Waals surface area contributed by atoms with Gasteiger partial charge < -0.3 is 15.2 Å². The van der Waals surface area contributed by atoms with Gasteiger partial charge in [0.1, 0.15) is 0 Å². The molecule has 0 unspecified atom stereocenters. The topological polar surface area (TPSA) is 106 Å². The maximum atomic E-state index is 12.6. The molecule has 1 amide bonds. The molecule has 0 radical (unpaired) electrons. The van der Waals surface area contributed by atoms with Crippen molar-refractivity contribution in [3.05, 3.63) is 88.8 Å². The first-order valence-electron chi connectivity index (χ1n) is 10.8. The van der Waals surface area contributed by atoms with Crippen molar-refractivity contribution in [2.24, 2.45) is 0 Å². The largest absolute Gasteiger partial charge is 0.339 e. The van der Waals surface area contributed by atoms with E-state index < -0.39 is 0 Å². The maximum Gasteiger partial charge on any atom is 0.255 e. The number of nitrogens with zero attached hydrogens (tertiary/aromatic N) is 4. The SMILES string of the molecule is Cc1cc(C)nc(Nc2ccc(C(=O)Nc3ccc(Cc4noc(C(C)C)n4)cc3)cc2)n1. The molecular formula is C25H26N6O2. The summed E-state index contributed by atoms with van der Waals surface area (Å²) in [6.45, 7) is 7.87. The summed E-state index contributed by atoms with van der Waals surface area (Å²) in [5, 5.41) is 10.1. The van der Waals surface area contributed by atoms with Gasteiger partial charge in [0.05, 0.1) is 0 Å². The Bertz CT molecular complexity index is 1230. The lowest BCUT2D eigenvalue weighted by Gasteiger charge is -2.09. The van der Waals surface area contributed by atoms with Crippen molar-refractivity contribution in [2.75, 3.05) is 10.6 Å². The Morgan fingerprint density at radius 1 is 0.909 bits per heavy atom. The maximum absolute atomic E-state index is 12.6. The third-order valence-electron chi connectivity index (χ3n) is 4.94. The molecule has 2 heterocycles. The summed E-state index contributed by atoms with van der Waals surface area (Å²) in [6.07, 6.45) is 0.573. The molecule has 0 aliphatic rings. The third-order valence-corrected chi connectivity index (χ3v) is 4.94. The highest BCUT2D eigenvalue weighted by molar-refractivity contribution is 6.04. The van der Waals surface area contributed by atoms with Crippen molar-refractivity contribution in [3.63, 3.8) is 0 Å². The highest BCUT2D eigenvalue weighted by atomic mass is 16.5. The van der Waals surface area contributed by atoms with Gasteiger partial charge in [0.25, 0.3) is 5.91 Å². The molecule has 168 valence electrons. The summed E-state index contributed by atoms with van der Waals surface area (Å²) in [5.74, 6) is 1.84. The Hall–Kier alpha value is -4.07. The van der Waals surface area contributed by atoms with E-state index in [1.165, 1.54) is 0 Å². The predicted molar refractivity (Wildman–Crippen MR) is 127 cm³/mol. The second kappa shape index (κ2) is 9.60. The summed E-state index contributed by atoms with van der Waals surface area (Å²) in [6, 6.07) is 16.7. The minimum Gasteiger partial charge on any atom is -0.339 e. The number of carbonyl (C=O) groups excluding carboxylic acids is 1. The molecular weight excluding hydrogens is 416 g/mol. The number of rotatable bonds is 7. The minimum atomic E-state index is -0.184. The molecule has 2 aromatic heterocycles. The zero-order chi connectivity index (χ0) is 23.4. The lowest BCUT2D eigenvalue weighted by atomic mass is 10.1. The number of nitrogens with one attached hydrogen (secondary N) is 2. The molecule has 0 saturated heterocycles. The van der Waals surface area contributed by atoms with E-state index in [0.29, 0.717) is 35.3 Å². The predicted octanol–water partition coefficient (Wildman–Crippen LogP) is 5.19. The second-order valence-corrected chi connectivity index (χ2v) is 8.21. The van der Waals surface area contributed by atoms with Gasteiger partial charge in [-0.05, 0) is 61.9 Å². The van der Waals surface area contributed by atoms with Crippen LogP contribution in [0.5, 0.6) is 0 Å². The zero-order valence-corrected chi connectivity index (χ0v) is 19.1. The molecule has 0 spiro atoms. The highest BCUT2D eigenvalue weighted by Crippen LogP contribution is 2.18. The number of aryl methyl sites for hydroxylation is 2. The van der Waals surface area contributed by atoms with Crippen LogP contribution >= 0.6 is 0 Å². The molecule has 2 N–H and O–H groups in total. The monoisotopic (exact) mass is 442 g/mol. The van der Waals surface area contributed by atoms with E-state index >= 15 is 0 Å². The summed E-state index contributed by atoms with van der Waals surface area (Å²) in [7, 11) is 0. The molecule has 4 rings (SSSR count). The quantitative estimate of drug-likeness (QED) is 0.406. The van der Waals surface area contributed by atoms with Crippen molar-refractivity contribution in [2.45, 2.75) is 40.0 Å². The number of hydrogen-bond acceptors (Lipinski definition) is 7. The number of benzene rings is 2. The van der Waals surface area contributed by atoms with E-state index in [2.05, 4.69) is 30.7 Å². The molecule has 4 aromatic rings. The average molecular weight is 443 g/mol. The summed E-state index contributed by atoms with van der Waals surface area (Å²) >= 11 is 0. The van der Waals surface area contributed by atoms with Crippen LogP contribution < -0.4 is 10.6 Å². The van der Waals surface area contributed by atoms with Gasteiger partial charge >= 0.3 is 0 Å². The highest BCUT2D eigenvalue weighted by Gasteiger charge is 2.11. The lowest BCUT2D eigenvalue weighted by molar-refractivity contribution is 0.102. The summed E-state index contributed by atoms with van der Waals surface area (Å²) in [4.78, 5) is 25.8. The van der Waals surface area contributed by atoms with Gasteiger partial charge in [-0.3, -0.25) is 4.79 Å². The third kappa shape index (κ3) is 5.79. The van der Waals surface area contributed by atoms with Crippen molar-refractivity contribution >= 4 is 23.2 Å². The Morgan fingerprint density at radius 2 is 1.55 bits per heavy atom. The van der Waals surface area contributed by atoms with Crippen LogP contribution in [0.4, 0.5) is 17.3 Å². The number of anilines is 3. The molecule has 33 heavy (non-hydrogen) atoms. The van der Waals surface area contributed by atoms with E-state index in [1.807, 2.05) is 70.2 Å². The van der Waals surface area contributed by atoms with E-state index in [1.54, 1.807) is 12.1 Å². The first-order chi connectivity index (χ1) is 15.9. The standard InChI is InChI=1S/C25H26N6O2/c1-15(2)24-30-22(31-33-24)14-18-5-9-20(10-6-18)28-23(32)19-7-11-21(12-8-19)29-25-26-16(3)13-17(4)27-25/h5-13,15H,14H2,1-4H3,(H,28,32)(H,26,27,29). The number of aromatic nitrogens is 4. The molecule has 0 aliphatic carbocycles. The Kier molecular flexibility index (Phi) is 6.44. The van der Waals surface area contributed by atoms with Gasteiger partial charge in [-0.15, -0.1) is 0 Å². The van der Waals surface area contributed by atoms with E-state index in [4.69, 9.17) is 4.52 Å². The van der Waals surface area contributed by atoms with Crippen LogP contribution in [0.2, 0.25) is 0 Å². The van der Waals surface area contributed by atoms with Crippen LogP contribution in [0, 0.1) is 13.8 Å². The molecule has 0 fully saturated rings. The Labute approximate surface area is 192 Å². The van der Waals surface area contributed by atoms with Crippen LogP contribution in [0.15, 0.2) is 59.1 Å². The molecule has 0 bridgehead atoms. The molecule has 8 nitrogen and oxygen atoms in total. The van der Waals surface area contributed by atoms with Crippen molar-refractivity contribution in [3.8, 4) is 0 Å². The minimum absolute atomic E-state index is 0.184. The van der Waals surface area contributed by atoms with Crippen molar-refractivity contribution < 1.29 is 9.32 Å². The molecule has 2 aromatic carbocycles. The number of carbonyl (C=O) groups is 1. The second-order valence-electron chi connectivity index (χ2n) is 8.21. The van der Waals surface area contributed by atoms with Crippen LogP contribution in [0.1, 0.15) is 58.8 Å². The van der Waals surface area contributed by atoms with Gasteiger partial charge in [-0.2, -0.15) is 4.98 Å². The Balaban J connectivity index is 1.35. The fraction of sp³-hybridized carbons (Fsp3) is 0.240. The molecule has 8 heteroatoms. The summed E-state index contributed by atoms with van der Waals surface area (Å²) in [5.41, 5.74) is 4.90. The van der Waals surface area contributed by atoms with Gasteiger partial charge in [0, 0.05) is 40.7 Å². The van der Waals surface area contributed by atoms with E-state index in [9.17, 15) is 4.79 Å². The zero-order valence-electron chi connectivity index (χ0n) is 19.1. The number of amides is 1. The summed E-state index contributed by atoms with van der Waals surface area (Å²) < 4.78 is 5.25. The van der Waals surface area contributed by atoms with Crippen LogP contribution in [-0.4, -0.2) is 26.0 Å². The molecule has 0 saturated carbocycles. The fourth-order valence-corrected chi connectivity index (χ4v) is 3.28. The normalized spacial score (nSPS) is 10.9. The van der Waals surface area contributed by atoms with Crippen LogP contribution in [-0.2, 0) is 6.42 Å². The van der Waals surface area contributed by atoms with E-state index in [0.717, 1.165) is 22.6 Å². The Morgan fingerprint density at radius 3 is 2.15 bits per heavy atom. The van der Waals surface area contributed by atoms with Crippen LogP contribution in [0.25, 0.3) is 0 Å². The van der Waals surface area contributed by atoms with Gasteiger partial charge in [0.2, 0.25) is 11.8 Å². The van der Waals surface area contributed by atoms with Gasteiger partial charge in [0.15, 0.2) is 5.82 Å². The lowest BCUT2D eigenvalue weighted by Crippen LogP contribution is -2.11. The van der Waals surface area contributed by atoms with Crippen molar-refractivity contribution in [1.82, 2.24) is 20.1 Å². The van der Waals surface area contributed by atoms with Gasteiger partial charge in [-0.25, -0.2) is 9.97 Å². The fourth-order valence-electron chi connectivity index (χ4n) is 3.28. The first kappa shape index (κ1) is 22.1. The number of hydrogen-bond donors (Lipinski definition) is 2. The first-order valence-corrected chi connectivity index (χ1v) is 10.8. The molecule has 0 aliphatic heterocycles. The van der Waals surface area contributed by atoms with E-state index in [-0.39, 0.29) is 11.8 Å². The van der Waals surface area contributed by atoms with Crippen LogP contribution in [0.3, 0.4) is 0 Å². The van der Waals surface area contributed by atoms with Gasteiger partial charge in [-0.1, -0.05) is 31.1 Å². The smallest absolute Gasteiger partial charge is 0.255 e. The average Bonchev–Trinajstić information content (AvgIpc) is 3.24.